The number of aromatic nitrogens is 1. The molecule has 0 aromatic carbocycles. The molecule has 1 aromatic heterocycles. The summed E-state index contributed by atoms with van der Waals surface area (Å²) >= 11 is 1.80. The maximum Gasteiger partial charge on any atom is 0.185 e. The summed E-state index contributed by atoms with van der Waals surface area (Å²) in [6.07, 6.45) is 4.02. The molecular formula is C14H24N4S. The number of nitrogens with zero attached hydrogens (tertiary/aromatic N) is 3. The molecule has 0 radical (unpaired) electrons. The van der Waals surface area contributed by atoms with Crippen LogP contribution in [0.2, 0.25) is 0 Å². The van der Waals surface area contributed by atoms with Crippen molar-refractivity contribution in [2.24, 2.45) is 0 Å². The van der Waals surface area contributed by atoms with Gasteiger partial charge in [0, 0.05) is 44.1 Å². The van der Waals surface area contributed by atoms with Crippen LogP contribution in [-0.4, -0.2) is 48.6 Å². The van der Waals surface area contributed by atoms with E-state index >= 15 is 0 Å². The highest BCUT2D eigenvalue weighted by Gasteiger charge is 2.31. The molecule has 3 rings (SSSR count). The molecule has 2 heterocycles. The van der Waals surface area contributed by atoms with Crippen molar-refractivity contribution >= 4 is 16.5 Å². The third-order valence-corrected chi connectivity index (χ3v) is 4.87. The lowest BCUT2D eigenvalue weighted by atomic mass is 10.3. The van der Waals surface area contributed by atoms with Gasteiger partial charge in [-0.3, -0.25) is 4.90 Å². The first-order valence-corrected chi connectivity index (χ1v) is 8.39. The average Bonchev–Trinajstić information content (AvgIpc) is 3.19. The maximum absolute atomic E-state index is 4.75. The minimum atomic E-state index is 0.909. The Hall–Kier alpha value is -0.650. The van der Waals surface area contributed by atoms with E-state index in [1.54, 1.807) is 11.3 Å². The summed E-state index contributed by atoms with van der Waals surface area (Å²) < 4.78 is 0. The molecule has 19 heavy (non-hydrogen) atoms. The van der Waals surface area contributed by atoms with E-state index < -0.39 is 0 Å². The van der Waals surface area contributed by atoms with Crippen molar-refractivity contribution in [2.45, 2.75) is 38.8 Å². The van der Waals surface area contributed by atoms with Crippen LogP contribution in [0.4, 0.5) is 5.13 Å². The van der Waals surface area contributed by atoms with Crippen LogP contribution in [0.25, 0.3) is 0 Å². The Morgan fingerprint density at radius 1 is 1.32 bits per heavy atom. The van der Waals surface area contributed by atoms with Gasteiger partial charge in [0.2, 0.25) is 0 Å². The van der Waals surface area contributed by atoms with Gasteiger partial charge >= 0.3 is 0 Å². The lowest BCUT2D eigenvalue weighted by Crippen LogP contribution is -2.47. The summed E-state index contributed by atoms with van der Waals surface area (Å²) in [6.45, 7) is 8.90. The van der Waals surface area contributed by atoms with Crippen molar-refractivity contribution in [1.82, 2.24) is 15.2 Å². The van der Waals surface area contributed by atoms with Crippen molar-refractivity contribution in [3.05, 3.63) is 11.1 Å². The minimum absolute atomic E-state index is 0.909. The van der Waals surface area contributed by atoms with E-state index in [1.807, 2.05) is 0 Å². The highest BCUT2D eigenvalue weighted by molar-refractivity contribution is 7.13. The predicted octanol–water partition coefficient (Wildman–Crippen LogP) is 1.93. The van der Waals surface area contributed by atoms with Gasteiger partial charge < -0.3 is 10.2 Å². The van der Waals surface area contributed by atoms with Gasteiger partial charge in [-0.15, -0.1) is 11.3 Å². The molecule has 0 unspecified atom stereocenters. The number of rotatable bonds is 6. The Kier molecular flexibility index (Phi) is 4.35. The van der Waals surface area contributed by atoms with Gasteiger partial charge in [-0.05, 0) is 25.8 Å². The molecule has 2 fully saturated rings. The minimum Gasteiger partial charge on any atom is -0.346 e. The van der Waals surface area contributed by atoms with Gasteiger partial charge in [0.1, 0.15) is 0 Å². The fraction of sp³-hybridized carbons (Fsp3) is 0.786. The lowest BCUT2D eigenvalue weighted by Gasteiger charge is -2.34. The largest absolute Gasteiger partial charge is 0.346 e. The molecule has 1 aliphatic heterocycles. The summed E-state index contributed by atoms with van der Waals surface area (Å²) in [7, 11) is 0. The Morgan fingerprint density at radius 3 is 2.79 bits per heavy atom. The van der Waals surface area contributed by atoms with E-state index in [2.05, 4.69) is 27.4 Å². The average molecular weight is 280 g/mol. The third kappa shape index (κ3) is 3.46. The van der Waals surface area contributed by atoms with Crippen molar-refractivity contribution in [3.8, 4) is 0 Å². The number of hydrogen-bond donors (Lipinski definition) is 1. The van der Waals surface area contributed by atoms with Crippen LogP contribution < -0.4 is 10.2 Å². The van der Waals surface area contributed by atoms with E-state index in [-0.39, 0.29) is 0 Å². The number of thiazole rings is 1. The first-order valence-electron chi connectivity index (χ1n) is 7.51. The molecule has 0 bridgehead atoms. The summed E-state index contributed by atoms with van der Waals surface area (Å²) in [5.74, 6) is 0. The monoisotopic (exact) mass is 280 g/mol. The highest BCUT2D eigenvalue weighted by Crippen LogP contribution is 2.29. The molecule has 1 aromatic rings. The standard InChI is InChI=1S/C14H24N4S/c1-2-5-15-10-12-11-19-14(16-12)18-8-6-17(7-9-18)13-3-4-13/h11,13,15H,2-10H2,1H3. The summed E-state index contributed by atoms with van der Waals surface area (Å²) in [5.41, 5.74) is 1.19. The molecule has 0 spiro atoms. The van der Waals surface area contributed by atoms with Crippen molar-refractivity contribution < 1.29 is 0 Å². The van der Waals surface area contributed by atoms with E-state index in [0.29, 0.717) is 0 Å². The van der Waals surface area contributed by atoms with Crippen LogP contribution in [0.3, 0.4) is 0 Å². The zero-order chi connectivity index (χ0) is 13.1. The van der Waals surface area contributed by atoms with Crippen LogP contribution in [0.1, 0.15) is 31.9 Å². The SMILES string of the molecule is CCCNCc1csc(N2CCN(C3CC3)CC2)n1. The van der Waals surface area contributed by atoms with Crippen LogP contribution in [0, 0.1) is 0 Å². The zero-order valence-electron chi connectivity index (χ0n) is 11.8. The van der Waals surface area contributed by atoms with Crippen LogP contribution in [0.5, 0.6) is 0 Å². The number of piperazine rings is 1. The van der Waals surface area contributed by atoms with Gasteiger partial charge in [-0.1, -0.05) is 6.92 Å². The number of hydrogen-bond acceptors (Lipinski definition) is 5. The molecule has 4 nitrogen and oxygen atoms in total. The van der Waals surface area contributed by atoms with Gasteiger partial charge in [0.25, 0.3) is 0 Å². The van der Waals surface area contributed by atoms with Crippen LogP contribution in [-0.2, 0) is 6.54 Å². The fourth-order valence-corrected chi connectivity index (χ4v) is 3.51. The second-order valence-corrected chi connectivity index (χ2v) is 6.39. The maximum atomic E-state index is 4.75. The van der Waals surface area contributed by atoms with Crippen molar-refractivity contribution in [2.75, 3.05) is 37.6 Å². The molecular weight excluding hydrogens is 256 g/mol. The molecule has 0 amide bonds. The van der Waals surface area contributed by atoms with Crippen LogP contribution >= 0.6 is 11.3 Å². The molecule has 0 atom stereocenters. The third-order valence-electron chi connectivity index (χ3n) is 3.92. The summed E-state index contributed by atoms with van der Waals surface area (Å²) in [4.78, 5) is 9.85. The summed E-state index contributed by atoms with van der Waals surface area (Å²) in [5, 5.41) is 6.83. The molecule has 5 heteroatoms. The number of anilines is 1. The Labute approximate surface area is 119 Å². The fourth-order valence-electron chi connectivity index (χ4n) is 2.63. The zero-order valence-corrected chi connectivity index (χ0v) is 12.6. The molecule has 1 saturated carbocycles. The molecule has 2 aliphatic rings. The van der Waals surface area contributed by atoms with E-state index in [0.717, 1.165) is 32.2 Å². The smallest absolute Gasteiger partial charge is 0.185 e. The van der Waals surface area contributed by atoms with Gasteiger partial charge in [-0.2, -0.15) is 0 Å². The van der Waals surface area contributed by atoms with Crippen LogP contribution in [0.15, 0.2) is 5.38 Å². The number of nitrogens with one attached hydrogen (secondary N) is 1. The van der Waals surface area contributed by atoms with E-state index in [1.165, 1.54) is 43.2 Å². The van der Waals surface area contributed by atoms with Gasteiger partial charge in [0.05, 0.1) is 5.69 Å². The van der Waals surface area contributed by atoms with Gasteiger partial charge in [-0.25, -0.2) is 4.98 Å². The Balaban J connectivity index is 1.49. The molecule has 106 valence electrons. The quantitative estimate of drug-likeness (QED) is 0.807. The summed E-state index contributed by atoms with van der Waals surface area (Å²) in [6, 6.07) is 0.909. The molecule has 1 N–H and O–H groups in total. The topological polar surface area (TPSA) is 31.4 Å². The second-order valence-electron chi connectivity index (χ2n) is 5.55. The van der Waals surface area contributed by atoms with Crippen molar-refractivity contribution in [3.63, 3.8) is 0 Å². The predicted molar refractivity (Wildman–Crippen MR) is 80.9 cm³/mol. The van der Waals surface area contributed by atoms with E-state index in [9.17, 15) is 0 Å². The highest BCUT2D eigenvalue weighted by atomic mass is 32.1. The Morgan fingerprint density at radius 2 is 2.11 bits per heavy atom. The van der Waals surface area contributed by atoms with Crippen molar-refractivity contribution in [1.29, 1.82) is 0 Å². The lowest BCUT2D eigenvalue weighted by molar-refractivity contribution is 0.248. The normalized spacial score (nSPS) is 21.0. The first kappa shape index (κ1) is 13.3. The van der Waals surface area contributed by atoms with E-state index in [4.69, 9.17) is 4.98 Å². The van der Waals surface area contributed by atoms with Gasteiger partial charge in [0.15, 0.2) is 5.13 Å². The first-order chi connectivity index (χ1) is 9.36. The second kappa shape index (κ2) is 6.20. The molecule has 1 aliphatic carbocycles. The Bertz CT molecular complexity index is 394. The molecule has 1 saturated heterocycles.